The Balaban J connectivity index is 1.44. The lowest BCUT2D eigenvalue weighted by atomic mass is 10.2. The summed E-state index contributed by atoms with van der Waals surface area (Å²) in [4.78, 5) is 21.6. The molecule has 26 heavy (non-hydrogen) atoms. The first-order chi connectivity index (χ1) is 12.6. The van der Waals surface area contributed by atoms with Crippen molar-refractivity contribution < 1.29 is 5.11 Å². The number of hydrogen-bond acceptors (Lipinski definition) is 5. The maximum atomic E-state index is 12.3. The molecule has 0 bridgehead atoms. The van der Waals surface area contributed by atoms with E-state index in [0.29, 0.717) is 12.2 Å². The highest BCUT2D eigenvalue weighted by molar-refractivity contribution is 5.49. The van der Waals surface area contributed by atoms with E-state index in [0.717, 1.165) is 43.1 Å². The van der Waals surface area contributed by atoms with E-state index in [9.17, 15) is 9.90 Å². The van der Waals surface area contributed by atoms with Crippen LogP contribution in [0.3, 0.4) is 0 Å². The summed E-state index contributed by atoms with van der Waals surface area (Å²) >= 11 is 0. The zero-order chi connectivity index (χ0) is 18.1. The monoisotopic (exact) mass is 350 g/mol. The zero-order valence-corrected chi connectivity index (χ0v) is 14.8. The number of pyridine rings is 1. The molecule has 0 saturated carbocycles. The van der Waals surface area contributed by atoms with Crippen molar-refractivity contribution in [1.29, 1.82) is 0 Å². The summed E-state index contributed by atoms with van der Waals surface area (Å²) in [5.41, 5.74) is 3.65. The molecular weight excluding hydrogens is 328 g/mol. The second-order valence-electron chi connectivity index (χ2n) is 6.80. The van der Waals surface area contributed by atoms with Gasteiger partial charge >= 0.3 is 0 Å². The minimum absolute atomic E-state index is 0.0311. The van der Waals surface area contributed by atoms with E-state index in [1.54, 1.807) is 22.6 Å². The Labute approximate surface area is 151 Å². The molecular formula is C20H22N4O2. The Morgan fingerprint density at radius 3 is 2.50 bits per heavy atom. The molecule has 6 heteroatoms. The average molecular weight is 350 g/mol. The highest BCUT2D eigenvalue weighted by Gasteiger charge is 2.18. The second kappa shape index (κ2) is 6.80. The first-order valence-electron chi connectivity index (χ1n) is 8.84. The van der Waals surface area contributed by atoms with Crippen LogP contribution >= 0.6 is 0 Å². The fourth-order valence-electron chi connectivity index (χ4n) is 3.40. The number of hydrogen-bond donors (Lipinski definition) is 1. The number of aromatic hydroxyl groups is 1. The summed E-state index contributed by atoms with van der Waals surface area (Å²) in [7, 11) is 0. The Kier molecular flexibility index (Phi) is 4.34. The molecule has 134 valence electrons. The average Bonchev–Trinajstić information content (AvgIpc) is 2.64. The number of piperazine rings is 1. The molecule has 4 rings (SSSR count). The molecule has 2 aromatic heterocycles. The SMILES string of the molecule is Cc1ccc2nc(CN3CCN(c4ccc(O)cc4)CC3)cc(=O)n2c1. The van der Waals surface area contributed by atoms with E-state index < -0.39 is 0 Å². The van der Waals surface area contributed by atoms with Gasteiger partial charge in [0.15, 0.2) is 0 Å². The normalized spacial score (nSPS) is 15.5. The van der Waals surface area contributed by atoms with Crippen LogP contribution in [-0.4, -0.2) is 45.6 Å². The summed E-state index contributed by atoms with van der Waals surface area (Å²) in [6.07, 6.45) is 1.82. The summed E-state index contributed by atoms with van der Waals surface area (Å²) in [6, 6.07) is 12.8. The Morgan fingerprint density at radius 2 is 1.77 bits per heavy atom. The molecule has 0 radical (unpaired) electrons. The van der Waals surface area contributed by atoms with Crippen LogP contribution in [0, 0.1) is 6.92 Å². The quantitative estimate of drug-likeness (QED) is 0.783. The zero-order valence-electron chi connectivity index (χ0n) is 14.8. The summed E-state index contributed by atoms with van der Waals surface area (Å²) in [5.74, 6) is 0.288. The van der Waals surface area contributed by atoms with Gasteiger partial charge in [-0.05, 0) is 42.8 Å². The van der Waals surface area contributed by atoms with Crippen molar-refractivity contribution in [3.05, 3.63) is 70.3 Å². The number of fused-ring (bicyclic) bond motifs is 1. The van der Waals surface area contributed by atoms with Crippen molar-refractivity contribution in [2.45, 2.75) is 13.5 Å². The smallest absolute Gasteiger partial charge is 0.258 e. The molecule has 0 unspecified atom stereocenters. The molecule has 1 aromatic carbocycles. The van der Waals surface area contributed by atoms with Crippen LogP contribution in [0.4, 0.5) is 5.69 Å². The molecule has 0 atom stereocenters. The number of aryl methyl sites for hydroxylation is 1. The lowest BCUT2D eigenvalue weighted by molar-refractivity contribution is 0.247. The third kappa shape index (κ3) is 3.41. The van der Waals surface area contributed by atoms with E-state index in [1.807, 2.05) is 37.4 Å². The van der Waals surface area contributed by atoms with Gasteiger partial charge in [0.25, 0.3) is 5.56 Å². The highest BCUT2D eigenvalue weighted by Crippen LogP contribution is 2.20. The van der Waals surface area contributed by atoms with Gasteiger partial charge in [0, 0.05) is 50.7 Å². The molecule has 0 amide bonds. The molecule has 1 N–H and O–H groups in total. The molecule has 1 aliphatic rings. The number of phenols is 1. The number of nitrogens with zero attached hydrogens (tertiary/aromatic N) is 4. The minimum Gasteiger partial charge on any atom is -0.508 e. The Bertz CT molecular complexity index is 973. The van der Waals surface area contributed by atoms with E-state index in [4.69, 9.17) is 0 Å². The third-order valence-corrected chi connectivity index (χ3v) is 4.83. The van der Waals surface area contributed by atoms with Crippen LogP contribution in [0.1, 0.15) is 11.3 Å². The van der Waals surface area contributed by atoms with Crippen molar-refractivity contribution >= 4 is 11.3 Å². The first kappa shape index (κ1) is 16.6. The molecule has 0 aliphatic carbocycles. The maximum Gasteiger partial charge on any atom is 0.258 e. The highest BCUT2D eigenvalue weighted by atomic mass is 16.3. The van der Waals surface area contributed by atoms with Gasteiger partial charge in [-0.1, -0.05) is 6.07 Å². The topological polar surface area (TPSA) is 61.1 Å². The third-order valence-electron chi connectivity index (χ3n) is 4.83. The van der Waals surface area contributed by atoms with Crippen molar-refractivity contribution in [1.82, 2.24) is 14.3 Å². The minimum atomic E-state index is -0.0311. The molecule has 6 nitrogen and oxygen atoms in total. The van der Waals surface area contributed by atoms with Gasteiger partial charge in [-0.2, -0.15) is 0 Å². The number of aromatic nitrogens is 2. The second-order valence-corrected chi connectivity index (χ2v) is 6.80. The molecule has 1 saturated heterocycles. The van der Waals surface area contributed by atoms with E-state index in [1.165, 1.54) is 0 Å². The van der Waals surface area contributed by atoms with Crippen molar-refractivity contribution in [2.24, 2.45) is 0 Å². The Hall–Kier alpha value is -2.86. The maximum absolute atomic E-state index is 12.3. The first-order valence-corrected chi connectivity index (χ1v) is 8.84. The van der Waals surface area contributed by atoms with Crippen LogP contribution in [-0.2, 0) is 6.54 Å². The van der Waals surface area contributed by atoms with Crippen LogP contribution < -0.4 is 10.5 Å². The summed E-state index contributed by atoms with van der Waals surface area (Å²) in [6.45, 7) is 6.30. The van der Waals surface area contributed by atoms with E-state index in [-0.39, 0.29) is 11.3 Å². The van der Waals surface area contributed by atoms with Gasteiger partial charge in [0.05, 0.1) is 5.69 Å². The van der Waals surface area contributed by atoms with Gasteiger partial charge in [-0.15, -0.1) is 0 Å². The molecule has 1 fully saturated rings. The molecule has 3 aromatic rings. The van der Waals surface area contributed by atoms with Gasteiger partial charge in [-0.25, -0.2) is 4.98 Å². The van der Waals surface area contributed by atoms with Gasteiger partial charge in [0.2, 0.25) is 0 Å². The molecule has 3 heterocycles. The van der Waals surface area contributed by atoms with Gasteiger partial charge in [-0.3, -0.25) is 14.1 Å². The predicted octanol–water partition coefficient (Wildman–Crippen LogP) is 2.03. The van der Waals surface area contributed by atoms with Crippen molar-refractivity contribution in [3.63, 3.8) is 0 Å². The lowest BCUT2D eigenvalue weighted by Gasteiger charge is -2.36. The van der Waals surface area contributed by atoms with Crippen molar-refractivity contribution in [2.75, 3.05) is 31.1 Å². The van der Waals surface area contributed by atoms with Gasteiger partial charge < -0.3 is 10.0 Å². The summed E-state index contributed by atoms with van der Waals surface area (Å²) in [5, 5.41) is 9.41. The van der Waals surface area contributed by atoms with Crippen LogP contribution in [0.15, 0.2) is 53.5 Å². The fourth-order valence-corrected chi connectivity index (χ4v) is 3.40. The summed E-state index contributed by atoms with van der Waals surface area (Å²) < 4.78 is 1.60. The van der Waals surface area contributed by atoms with E-state index in [2.05, 4.69) is 14.8 Å². The van der Waals surface area contributed by atoms with Gasteiger partial charge in [0.1, 0.15) is 11.4 Å². The fraction of sp³-hybridized carbons (Fsp3) is 0.300. The Morgan fingerprint density at radius 1 is 1.04 bits per heavy atom. The lowest BCUT2D eigenvalue weighted by Crippen LogP contribution is -2.46. The standard InChI is InChI=1S/C20H22N4O2/c1-15-2-7-19-21-16(12-20(26)24(19)13-15)14-22-8-10-23(11-9-22)17-3-5-18(25)6-4-17/h2-7,12-13,25H,8-11,14H2,1H3. The number of benzene rings is 1. The predicted molar refractivity (Wildman–Crippen MR) is 102 cm³/mol. The molecule has 1 aliphatic heterocycles. The number of rotatable bonds is 3. The number of anilines is 1. The van der Waals surface area contributed by atoms with Crippen molar-refractivity contribution in [3.8, 4) is 5.75 Å². The van der Waals surface area contributed by atoms with E-state index >= 15 is 0 Å². The largest absolute Gasteiger partial charge is 0.508 e. The van der Waals surface area contributed by atoms with Crippen LogP contribution in [0.5, 0.6) is 5.75 Å². The van der Waals surface area contributed by atoms with Crippen LogP contribution in [0.2, 0.25) is 0 Å². The number of phenolic OH excluding ortho intramolecular Hbond substituents is 1. The van der Waals surface area contributed by atoms with Crippen LogP contribution in [0.25, 0.3) is 5.65 Å². The molecule has 0 spiro atoms.